The number of benzene rings is 1. The number of hydrogen-bond donors (Lipinski definition) is 2. The van der Waals surface area contributed by atoms with Gasteiger partial charge in [-0.15, -0.1) is 10.2 Å². The monoisotopic (exact) mass is 744 g/mol. The van der Waals surface area contributed by atoms with Gasteiger partial charge in [-0.2, -0.15) is 10.2 Å². The number of anilines is 3. The first-order valence-electron chi connectivity index (χ1n) is 19.4. The van der Waals surface area contributed by atoms with Crippen molar-refractivity contribution in [2.75, 3.05) is 67.1 Å². The maximum absolute atomic E-state index is 13.0. The molecule has 4 aromatic rings. The fraction of sp³-hybridized carbons (Fsp3) is 0.487. The third kappa shape index (κ3) is 7.48. The summed E-state index contributed by atoms with van der Waals surface area (Å²) in [5.74, 6) is 4.14. The van der Waals surface area contributed by atoms with Crippen LogP contribution in [0.3, 0.4) is 0 Å². The number of imide groups is 1. The van der Waals surface area contributed by atoms with Crippen molar-refractivity contribution < 1.29 is 19.1 Å². The lowest BCUT2D eigenvalue weighted by molar-refractivity contribution is -0.120. The molecular formula is C39H44N12O4. The number of piperazine rings is 1. The molecule has 3 aliphatic heterocycles. The lowest BCUT2D eigenvalue weighted by Crippen LogP contribution is -2.55. The molecule has 3 aromatic heterocycles. The Hall–Kier alpha value is -5.82. The average molecular weight is 745 g/mol. The summed E-state index contributed by atoms with van der Waals surface area (Å²) in [6.07, 6.45) is 9.51. The van der Waals surface area contributed by atoms with Crippen LogP contribution in [0.25, 0.3) is 5.78 Å². The molecule has 0 unspecified atom stereocenters. The first-order valence-corrected chi connectivity index (χ1v) is 19.4. The minimum atomic E-state index is -0.445. The number of amides is 4. The van der Waals surface area contributed by atoms with Gasteiger partial charge in [-0.25, -0.2) is 9.78 Å². The molecule has 4 amide bonds. The van der Waals surface area contributed by atoms with Gasteiger partial charge in [-0.05, 0) is 86.4 Å². The van der Waals surface area contributed by atoms with Gasteiger partial charge in [-0.3, -0.25) is 29.1 Å². The average Bonchev–Trinajstić information content (AvgIpc) is 3.96. The highest BCUT2D eigenvalue weighted by atomic mass is 16.5. The normalized spacial score (nSPS) is 22.3. The van der Waals surface area contributed by atoms with Crippen LogP contribution in [0.15, 0.2) is 48.8 Å². The molecule has 0 bridgehead atoms. The third-order valence-electron chi connectivity index (χ3n) is 11.5. The number of nitrogens with zero attached hydrogens (tertiary/aromatic N) is 10. The molecular weight excluding hydrogens is 701 g/mol. The minimum absolute atomic E-state index is 0.0738. The van der Waals surface area contributed by atoms with Crippen molar-refractivity contribution in [2.45, 2.75) is 63.0 Å². The maximum atomic E-state index is 13.0. The second kappa shape index (κ2) is 14.8. The van der Waals surface area contributed by atoms with Crippen LogP contribution in [0.4, 0.5) is 22.2 Å². The van der Waals surface area contributed by atoms with E-state index >= 15 is 0 Å². The van der Waals surface area contributed by atoms with E-state index in [2.05, 4.69) is 46.6 Å². The molecule has 5 fully saturated rings. The van der Waals surface area contributed by atoms with E-state index < -0.39 is 6.03 Å². The van der Waals surface area contributed by atoms with Gasteiger partial charge in [0.25, 0.3) is 5.91 Å². The number of nitrogens with one attached hydrogen (secondary N) is 2. The molecule has 9 rings (SSSR count). The Bertz CT molecular complexity index is 2120. The number of nitriles is 1. The zero-order chi connectivity index (χ0) is 37.5. The number of rotatable bonds is 10. The second-order valence-corrected chi connectivity index (χ2v) is 15.4. The number of aromatic nitrogens is 5. The van der Waals surface area contributed by atoms with Gasteiger partial charge < -0.3 is 19.9 Å². The summed E-state index contributed by atoms with van der Waals surface area (Å²) in [7, 11) is 0. The Balaban J connectivity index is 0.692. The fourth-order valence-electron chi connectivity index (χ4n) is 8.24. The zero-order valence-corrected chi connectivity index (χ0v) is 30.6. The molecule has 0 radical (unpaired) electrons. The first kappa shape index (κ1) is 34.9. The van der Waals surface area contributed by atoms with Gasteiger partial charge >= 0.3 is 6.03 Å². The number of urea groups is 1. The topological polar surface area (TPSA) is 177 Å². The Morgan fingerprint density at radius 3 is 2.47 bits per heavy atom. The lowest BCUT2D eigenvalue weighted by Gasteiger charge is -2.44. The maximum Gasteiger partial charge on any atom is 0.329 e. The summed E-state index contributed by atoms with van der Waals surface area (Å²) >= 11 is 0. The summed E-state index contributed by atoms with van der Waals surface area (Å²) in [5.41, 5.74) is 2.19. The predicted octanol–water partition coefficient (Wildman–Crippen LogP) is 3.09. The summed E-state index contributed by atoms with van der Waals surface area (Å²) in [4.78, 5) is 54.6. The van der Waals surface area contributed by atoms with Crippen molar-refractivity contribution in [1.82, 2.24) is 40.1 Å². The van der Waals surface area contributed by atoms with E-state index in [1.807, 2.05) is 36.5 Å². The number of carbonyl (C=O) groups excluding carboxylic acids is 3. The standard InChI is InChI=1S/C39H44N12O4/c40-20-27-3-6-30(19-31(27)26-1-2-26)55-29-7-4-28(5-8-29)42-37(53)32-9-10-34(46-45-32)49-23-25(24-49)22-47-15-17-48(18-16-47)33-11-13-50-36(21-41-38(50)43-33)51-14-12-35(52)44-39(51)54/h3,6,9-11,13,19,21,25-26,28-29H,1-2,4-5,7-8,12,14-18,22-24H2,(H,42,53)(H,44,52,54). The molecule has 6 heterocycles. The van der Waals surface area contributed by atoms with Gasteiger partial charge in [0, 0.05) is 76.9 Å². The number of fused-ring (bicyclic) bond motifs is 1. The lowest BCUT2D eigenvalue weighted by atomic mass is 9.92. The SMILES string of the molecule is N#Cc1ccc(OC2CCC(NC(=O)c3ccc(N4CC(CN5CCN(c6ccn7c(N8CCC(=O)NC8=O)cnc7n6)CC5)C4)nn3)CC2)cc1C1CC1. The summed E-state index contributed by atoms with van der Waals surface area (Å²) in [5, 5.41) is 23.6. The van der Waals surface area contributed by atoms with Gasteiger partial charge in [0.05, 0.1) is 23.9 Å². The van der Waals surface area contributed by atoms with Crippen molar-refractivity contribution >= 4 is 41.1 Å². The van der Waals surface area contributed by atoms with Gasteiger partial charge in [0.2, 0.25) is 11.7 Å². The largest absolute Gasteiger partial charge is 0.490 e. The van der Waals surface area contributed by atoms with E-state index in [0.29, 0.717) is 35.7 Å². The highest BCUT2D eigenvalue weighted by Crippen LogP contribution is 2.43. The zero-order valence-electron chi connectivity index (χ0n) is 30.6. The molecule has 2 aliphatic carbocycles. The number of hydrogen-bond acceptors (Lipinski definition) is 12. The Kier molecular flexibility index (Phi) is 9.38. The van der Waals surface area contributed by atoms with Crippen LogP contribution in [0.2, 0.25) is 0 Å². The van der Waals surface area contributed by atoms with Crippen LogP contribution in [-0.2, 0) is 4.79 Å². The van der Waals surface area contributed by atoms with Crippen molar-refractivity contribution in [3.8, 4) is 11.8 Å². The summed E-state index contributed by atoms with van der Waals surface area (Å²) < 4.78 is 8.07. The van der Waals surface area contributed by atoms with Crippen LogP contribution < -0.4 is 30.1 Å². The van der Waals surface area contributed by atoms with Crippen LogP contribution in [0, 0.1) is 17.2 Å². The third-order valence-corrected chi connectivity index (χ3v) is 11.5. The predicted molar refractivity (Wildman–Crippen MR) is 202 cm³/mol. The minimum Gasteiger partial charge on any atom is -0.490 e. The highest BCUT2D eigenvalue weighted by molar-refractivity contribution is 6.05. The molecule has 1 aromatic carbocycles. The van der Waals surface area contributed by atoms with Gasteiger partial charge in [0.1, 0.15) is 17.4 Å². The summed E-state index contributed by atoms with van der Waals surface area (Å²) in [6, 6.07) is 13.4. The first-order chi connectivity index (χ1) is 26.9. The smallest absolute Gasteiger partial charge is 0.329 e. The van der Waals surface area contributed by atoms with E-state index in [4.69, 9.17) is 9.72 Å². The molecule has 2 N–H and O–H groups in total. The molecule has 55 heavy (non-hydrogen) atoms. The quantitative estimate of drug-likeness (QED) is 0.243. The van der Waals surface area contributed by atoms with E-state index in [0.717, 1.165) is 113 Å². The molecule has 284 valence electrons. The van der Waals surface area contributed by atoms with Crippen LogP contribution in [0.5, 0.6) is 5.75 Å². The van der Waals surface area contributed by atoms with Gasteiger partial charge in [-0.1, -0.05) is 0 Å². The number of carbonyl (C=O) groups is 3. The van der Waals surface area contributed by atoms with E-state index in [-0.39, 0.29) is 30.4 Å². The molecule has 16 nitrogen and oxygen atoms in total. The van der Waals surface area contributed by atoms with E-state index in [1.165, 1.54) is 4.90 Å². The Morgan fingerprint density at radius 2 is 1.75 bits per heavy atom. The number of imidazole rings is 1. The van der Waals surface area contributed by atoms with Crippen LogP contribution >= 0.6 is 0 Å². The van der Waals surface area contributed by atoms with E-state index in [1.54, 1.807) is 16.7 Å². The Morgan fingerprint density at radius 1 is 0.927 bits per heavy atom. The molecule has 0 atom stereocenters. The van der Waals surface area contributed by atoms with Crippen LogP contribution in [-0.4, -0.2) is 112 Å². The molecule has 2 saturated carbocycles. The fourth-order valence-corrected chi connectivity index (χ4v) is 8.24. The molecule has 5 aliphatic rings. The van der Waals surface area contributed by atoms with Crippen molar-refractivity contribution in [3.05, 3.63) is 65.6 Å². The van der Waals surface area contributed by atoms with E-state index in [9.17, 15) is 19.6 Å². The highest BCUT2D eigenvalue weighted by Gasteiger charge is 2.32. The van der Waals surface area contributed by atoms with Crippen molar-refractivity contribution in [2.24, 2.45) is 5.92 Å². The Labute approximate surface area is 318 Å². The molecule has 3 saturated heterocycles. The van der Waals surface area contributed by atoms with Crippen molar-refractivity contribution in [1.29, 1.82) is 5.26 Å². The molecule has 0 spiro atoms. The molecule has 16 heteroatoms. The number of ether oxygens (including phenoxy) is 1. The van der Waals surface area contributed by atoms with Crippen molar-refractivity contribution in [3.63, 3.8) is 0 Å². The summed E-state index contributed by atoms with van der Waals surface area (Å²) in [6.45, 7) is 6.70. The van der Waals surface area contributed by atoms with Crippen LogP contribution in [0.1, 0.15) is 72.5 Å². The second-order valence-electron chi connectivity index (χ2n) is 15.4. The van der Waals surface area contributed by atoms with Gasteiger partial charge in [0.15, 0.2) is 11.5 Å².